The average molecular weight is 558 g/mol. The summed E-state index contributed by atoms with van der Waals surface area (Å²) in [5.41, 5.74) is 3.23. The van der Waals surface area contributed by atoms with Crippen molar-refractivity contribution in [1.29, 1.82) is 0 Å². The predicted octanol–water partition coefficient (Wildman–Crippen LogP) is 6.36. The summed E-state index contributed by atoms with van der Waals surface area (Å²) in [6, 6.07) is 15.4. The highest BCUT2D eigenvalue weighted by Crippen LogP contribution is 2.37. The molecule has 2 heterocycles. The highest BCUT2D eigenvalue weighted by molar-refractivity contribution is 9.10. The van der Waals surface area contributed by atoms with Gasteiger partial charge in [0.15, 0.2) is 0 Å². The zero-order valence-electron chi connectivity index (χ0n) is 20.1. The molecule has 9 heteroatoms. The number of thioether (sulfide) groups is 1. The molecular weight excluding hydrogens is 528 g/mol. The number of nitrogens with one attached hydrogen (secondary N) is 1. The second kappa shape index (κ2) is 11.8. The number of hydrogen-bond acceptors (Lipinski definition) is 7. The molecule has 0 saturated carbocycles. The predicted molar refractivity (Wildman–Crippen MR) is 142 cm³/mol. The number of unbranched alkanes of at least 4 members (excludes halogenated alkanes) is 1. The van der Waals surface area contributed by atoms with Crippen molar-refractivity contribution in [3.05, 3.63) is 75.4 Å². The van der Waals surface area contributed by atoms with Gasteiger partial charge in [-0.1, -0.05) is 65.3 Å². The van der Waals surface area contributed by atoms with Gasteiger partial charge in [-0.3, -0.25) is 0 Å². The van der Waals surface area contributed by atoms with Crippen LogP contribution in [0.3, 0.4) is 0 Å². The van der Waals surface area contributed by atoms with Crippen molar-refractivity contribution in [2.45, 2.75) is 51.4 Å². The summed E-state index contributed by atoms with van der Waals surface area (Å²) < 4.78 is 14.2. The Morgan fingerprint density at radius 2 is 1.89 bits per heavy atom. The number of fused-ring (bicyclic) bond motifs is 1. The molecule has 0 radical (unpaired) electrons. The van der Waals surface area contributed by atoms with E-state index in [-0.39, 0.29) is 5.97 Å². The lowest BCUT2D eigenvalue weighted by molar-refractivity contribution is -0.139. The number of esters is 1. The number of carbonyl (C=O) groups excluding carboxylic acids is 1. The van der Waals surface area contributed by atoms with Crippen molar-refractivity contribution in [2.24, 2.45) is 0 Å². The van der Waals surface area contributed by atoms with Crippen LogP contribution in [-0.2, 0) is 16.1 Å². The number of anilines is 1. The van der Waals surface area contributed by atoms with Crippen molar-refractivity contribution in [3.63, 3.8) is 0 Å². The fourth-order valence-corrected chi connectivity index (χ4v) is 4.95. The summed E-state index contributed by atoms with van der Waals surface area (Å²) in [5.74, 6) is 1.96. The van der Waals surface area contributed by atoms with Crippen LogP contribution < -0.4 is 10.1 Å². The van der Waals surface area contributed by atoms with E-state index in [0.717, 1.165) is 39.9 Å². The molecule has 1 aliphatic heterocycles. The molecule has 1 N–H and O–H groups in total. The van der Waals surface area contributed by atoms with E-state index in [9.17, 15) is 4.79 Å². The van der Waals surface area contributed by atoms with Crippen LogP contribution in [0.15, 0.2) is 69.4 Å². The molecule has 184 valence electrons. The number of ether oxygens (including phenoxy) is 2. The van der Waals surface area contributed by atoms with Crippen molar-refractivity contribution in [1.82, 2.24) is 14.8 Å². The number of benzene rings is 2. The summed E-state index contributed by atoms with van der Waals surface area (Å²) in [7, 11) is 0. The normalized spacial score (nSPS) is 14.9. The number of rotatable bonds is 10. The van der Waals surface area contributed by atoms with E-state index in [4.69, 9.17) is 14.6 Å². The highest BCUT2D eigenvalue weighted by Gasteiger charge is 2.35. The van der Waals surface area contributed by atoms with Crippen LogP contribution in [-0.4, -0.2) is 33.1 Å². The number of allylic oxidation sites excluding steroid dienone is 1. The van der Waals surface area contributed by atoms with E-state index in [1.807, 2.05) is 55.5 Å². The molecule has 1 aromatic heterocycles. The summed E-state index contributed by atoms with van der Waals surface area (Å²) in [6.45, 7) is 6.61. The molecular formula is C26H29BrN4O3S. The third-order valence-corrected chi connectivity index (χ3v) is 7.02. The fraction of sp³-hybridized carbons (Fsp3) is 0.346. The summed E-state index contributed by atoms with van der Waals surface area (Å²) in [5, 5.41) is 8.68. The molecule has 0 bridgehead atoms. The Hall–Kier alpha value is -2.78. The van der Waals surface area contributed by atoms with Gasteiger partial charge in [-0.2, -0.15) is 4.98 Å². The molecule has 2 aromatic carbocycles. The Kier molecular flexibility index (Phi) is 8.51. The van der Waals surface area contributed by atoms with E-state index in [0.29, 0.717) is 35.6 Å². The van der Waals surface area contributed by atoms with Gasteiger partial charge >= 0.3 is 5.97 Å². The molecule has 1 aliphatic rings. The first-order valence-corrected chi connectivity index (χ1v) is 13.5. The summed E-state index contributed by atoms with van der Waals surface area (Å²) in [4.78, 5) is 17.6. The average Bonchev–Trinajstić information content (AvgIpc) is 3.25. The van der Waals surface area contributed by atoms with E-state index < -0.39 is 6.04 Å². The summed E-state index contributed by atoms with van der Waals surface area (Å²) in [6.07, 6.45) is 2.21. The molecule has 3 aromatic rings. The molecule has 1 atom stereocenters. The minimum absolute atomic E-state index is 0.299. The highest BCUT2D eigenvalue weighted by atomic mass is 79.9. The Morgan fingerprint density at radius 3 is 2.57 bits per heavy atom. The molecule has 0 aliphatic carbocycles. The molecule has 0 amide bonds. The van der Waals surface area contributed by atoms with Crippen LogP contribution in [0.2, 0.25) is 0 Å². The lowest BCUT2D eigenvalue weighted by Gasteiger charge is -2.28. The molecule has 0 spiro atoms. The standard InChI is InChI=1S/C26H29BrN4O3S/c1-4-6-15-35-26-29-25-28-17(3)22(24(32)33-5-2)23(31(25)30-26)19-9-13-21(14-10-19)34-16-18-7-11-20(27)12-8-18/h7-14,23H,4-6,15-16H2,1-3H3,(H,28,29,30). The zero-order valence-corrected chi connectivity index (χ0v) is 22.5. The third kappa shape index (κ3) is 6.08. The number of carbonyl (C=O) groups is 1. The largest absolute Gasteiger partial charge is 0.489 e. The van der Waals surface area contributed by atoms with E-state index in [1.165, 1.54) is 0 Å². The smallest absolute Gasteiger partial charge is 0.338 e. The van der Waals surface area contributed by atoms with Crippen LogP contribution in [0.25, 0.3) is 0 Å². The minimum atomic E-state index is -0.446. The second-order valence-electron chi connectivity index (χ2n) is 8.14. The number of aromatic nitrogens is 3. The van der Waals surface area contributed by atoms with Gasteiger partial charge in [0.2, 0.25) is 11.1 Å². The maximum Gasteiger partial charge on any atom is 0.338 e. The van der Waals surface area contributed by atoms with Crippen LogP contribution in [0.5, 0.6) is 5.75 Å². The Labute approximate surface area is 218 Å². The van der Waals surface area contributed by atoms with Gasteiger partial charge in [0.1, 0.15) is 18.4 Å². The van der Waals surface area contributed by atoms with Crippen LogP contribution in [0.1, 0.15) is 50.8 Å². The topological polar surface area (TPSA) is 78.3 Å². The Morgan fingerprint density at radius 1 is 1.14 bits per heavy atom. The first kappa shape index (κ1) is 25.3. The molecule has 0 fully saturated rings. The second-order valence-corrected chi connectivity index (χ2v) is 10.1. The SMILES string of the molecule is CCCCSc1nc2n(n1)C(c1ccc(OCc3ccc(Br)cc3)cc1)C(C(=O)OCC)=C(C)N2. The van der Waals surface area contributed by atoms with E-state index in [1.54, 1.807) is 23.4 Å². The first-order valence-electron chi connectivity index (χ1n) is 11.7. The first-order chi connectivity index (χ1) is 17.0. The maximum atomic E-state index is 13.0. The quantitative estimate of drug-likeness (QED) is 0.177. The van der Waals surface area contributed by atoms with Crippen LogP contribution in [0.4, 0.5) is 5.95 Å². The molecule has 0 saturated heterocycles. The lowest BCUT2D eigenvalue weighted by atomic mass is 9.96. The van der Waals surface area contributed by atoms with Gasteiger partial charge in [-0.05, 0) is 55.7 Å². The Balaban J connectivity index is 1.60. The number of halogens is 1. The van der Waals surface area contributed by atoms with Gasteiger partial charge in [0.25, 0.3) is 0 Å². The van der Waals surface area contributed by atoms with Gasteiger partial charge in [0, 0.05) is 15.9 Å². The van der Waals surface area contributed by atoms with Crippen molar-refractivity contribution in [2.75, 3.05) is 17.7 Å². The Bertz CT molecular complexity index is 1190. The molecule has 7 nitrogen and oxygen atoms in total. The molecule has 4 rings (SSSR count). The van der Waals surface area contributed by atoms with Gasteiger partial charge in [-0.25, -0.2) is 9.48 Å². The molecule has 1 unspecified atom stereocenters. The van der Waals surface area contributed by atoms with Crippen LogP contribution in [0, 0.1) is 0 Å². The van der Waals surface area contributed by atoms with E-state index >= 15 is 0 Å². The molecule has 35 heavy (non-hydrogen) atoms. The summed E-state index contributed by atoms with van der Waals surface area (Å²) >= 11 is 5.07. The minimum Gasteiger partial charge on any atom is -0.489 e. The number of hydrogen-bond donors (Lipinski definition) is 1. The van der Waals surface area contributed by atoms with Gasteiger partial charge < -0.3 is 14.8 Å². The van der Waals surface area contributed by atoms with Crippen molar-refractivity contribution < 1.29 is 14.3 Å². The van der Waals surface area contributed by atoms with Gasteiger partial charge in [-0.15, -0.1) is 5.10 Å². The van der Waals surface area contributed by atoms with Crippen LogP contribution >= 0.6 is 27.7 Å². The maximum absolute atomic E-state index is 13.0. The van der Waals surface area contributed by atoms with Crippen molar-refractivity contribution in [3.8, 4) is 5.75 Å². The van der Waals surface area contributed by atoms with Crippen molar-refractivity contribution >= 4 is 39.6 Å². The monoisotopic (exact) mass is 556 g/mol. The zero-order chi connectivity index (χ0) is 24.8. The van der Waals surface area contributed by atoms with Gasteiger partial charge in [0.05, 0.1) is 12.2 Å². The lowest BCUT2D eigenvalue weighted by Crippen LogP contribution is -2.29. The number of nitrogens with zero attached hydrogens (tertiary/aromatic N) is 3. The third-order valence-electron chi connectivity index (χ3n) is 5.57. The fourth-order valence-electron chi connectivity index (χ4n) is 3.78. The van der Waals surface area contributed by atoms with E-state index in [2.05, 4.69) is 33.2 Å².